The number of aliphatic hydroxyl groups is 1. The van der Waals surface area contributed by atoms with Crippen molar-refractivity contribution in [3.8, 4) is 0 Å². The molecule has 2 rings (SSSR count). The number of imidazole rings is 1. The fourth-order valence-corrected chi connectivity index (χ4v) is 2.03. The molecule has 0 saturated carbocycles. The number of hydrogen-bond donors (Lipinski definition) is 1. The van der Waals surface area contributed by atoms with E-state index in [1.165, 1.54) is 0 Å². The summed E-state index contributed by atoms with van der Waals surface area (Å²) in [6.45, 7) is 6.33. The summed E-state index contributed by atoms with van der Waals surface area (Å²) in [5.41, 5.74) is 0. The van der Waals surface area contributed by atoms with Gasteiger partial charge in [-0.2, -0.15) is 0 Å². The topological polar surface area (TPSA) is 50.5 Å². The van der Waals surface area contributed by atoms with Gasteiger partial charge in [-0.1, -0.05) is 0 Å². The van der Waals surface area contributed by atoms with Crippen molar-refractivity contribution in [1.82, 2.24) is 14.5 Å². The number of nitrogens with zero attached hydrogens (tertiary/aromatic N) is 3. The lowest BCUT2D eigenvalue weighted by Crippen LogP contribution is -2.48. The molecule has 1 atom stereocenters. The van der Waals surface area contributed by atoms with E-state index in [0.717, 1.165) is 32.1 Å². The maximum atomic E-state index is 9.23. The van der Waals surface area contributed by atoms with Crippen LogP contribution in [-0.2, 0) is 11.3 Å². The summed E-state index contributed by atoms with van der Waals surface area (Å²) in [7, 11) is 0. The maximum Gasteiger partial charge on any atom is 0.105 e. The second kappa shape index (κ2) is 5.43. The molecule has 16 heavy (non-hydrogen) atoms. The summed E-state index contributed by atoms with van der Waals surface area (Å²) in [6.07, 6.45) is 3.81. The summed E-state index contributed by atoms with van der Waals surface area (Å²) in [5.74, 6) is 1.04. The molecule has 5 nitrogen and oxygen atoms in total. The van der Waals surface area contributed by atoms with Crippen LogP contribution in [0.2, 0.25) is 0 Å². The molecule has 0 amide bonds. The standard InChI is InChI=1S/C11H19N3O2/c1-10-12-2-3-13(10)4-5-14-6-7-16-9-11(14)8-15/h2-3,11,15H,4-9H2,1H3. The summed E-state index contributed by atoms with van der Waals surface area (Å²) < 4.78 is 7.47. The molecule has 1 fully saturated rings. The highest BCUT2D eigenvalue weighted by molar-refractivity contribution is 4.88. The second-order valence-corrected chi connectivity index (χ2v) is 4.12. The van der Waals surface area contributed by atoms with Gasteiger partial charge in [0.1, 0.15) is 5.82 Å². The Morgan fingerprint density at radius 3 is 3.12 bits per heavy atom. The van der Waals surface area contributed by atoms with Crippen molar-refractivity contribution in [1.29, 1.82) is 0 Å². The molecule has 1 N–H and O–H groups in total. The van der Waals surface area contributed by atoms with Gasteiger partial charge in [-0.05, 0) is 6.92 Å². The van der Waals surface area contributed by atoms with Gasteiger partial charge < -0.3 is 14.4 Å². The van der Waals surface area contributed by atoms with Gasteiger partial charge in [0.05, 0.1) is 25.9 Å². The predicted molar refractivity (Wildman–Crippen MR) is 60.2 cm³/mol. The molecule has 5 heteroatoms. The van der Waals surface area contributed by atoms with E-state index < -0.39 is 0 Å². The molecular weight excluding hydrogens is 206 g/mol. The first kappa shape index (κ1) is 11.6. The van der Waals surface area contributed by atoms with Crippen LogP contribution in [0.15, 0.2) is 12.4 Å². The normalized spacial score (nSPS) is 22.5. The third kappa shape index (κ3) is 2.61. The predicted octanol–water partition coefficient (Wildman–Crippen LogP) is -0.115. The Morgan fingerprint density at radius 2 is 2.44 bits per heavy atom. The molecule has 1 saturated heterocycles. The van der Waals surface area contributed by atoms with E-state index in [-0.39, 0.29) is 12.6 Å². The Hall–Kier alpha value is -0.910. The largest absolute Gasteiger partial charge is 0.395 e. The van der Waals surface area contributed by atoms with Crippen LogP contribution in [0.3, 0.4) is 0 Å². The van der Waals surface area contributed by atoms with Crippen LogP contribution in [0, 0.1) is 6.92 Å². The van der Waals surface area contributed by atoms with Crippen LogP contribution in [-0.4, -0.2) is 58.5 Å². The average molecular weight is 225 g/mol. The minimum Gasteiger partial charge on any atom is -0.395 e. The van der Waals surface area contributed by atoms with Crippen molar-refractivity contribution in [2.45, 2.75) is 19.5 Å². The van der Waals surface area contributed by atoms with Crippen molar-refractivity contribution in [3.63, 3.8) is 0 Å². The quantitative estimate of drug-likeness (QED) is 0.776. The first-order valence-electron chi connectivity index (χ1n) is 5.71. The zero-order chi connectivity index (χ0) is 11.4. The molecule has 1 aromatic heterocycles. The van der Waals surface area contributed by atoms with Gasteiger partial charge in [0, 0.05) is 32.0 Å². The molecule has 0 aromatic carbocycles. The Kier molecular flexibility index (Phi) is 3.93. The number of aromatic nitrogens is 2. The monoisotopic (exact) mass is 225 g/mol. The second-order valence-electron chi connectivity index (χ2n) is 4.12. The summed E-state index contributed by atoms with van der Waals surface area (Å²) in [6, 6.07) is 0.151. The van der Waals surface area contributed by atoms with Gasteiger partial charge in [0.2, 0.25) is 0 Å². The highest BCUT2D eigenvalue weighted by atomic mass is 16.5. The molecular formula is C11H19N3O2. The van der Waals surface area contributed by atoms with E-state index in [9.17, 15) is 5.11 Å². The van der Waals surface area contributed by atoms with Gasteiger partial charge in [0.15, 0.2) is 0 Å². The molecule has 1 aliphatic rings. The van der Waals surface area contributed by atoms with E-state index >= 15 is 0 Å². The molecule has 0 spiro atoms. The van der Waals surface area contributed by atoms with Crippen molar-refractivity contribution < 1.29 is 9.84 Å². The lowest BCUT2D eigenvalue weighted by Gasteiger charge is -2.34. The van der Waals surface area contributed by atoms with Crippen molar-refractivity contribution in [3.05, 3.63) is 18.2 Å². The van der Waals surface area contributed by atoms with E-state index in [4.69, 9.17) is 4.74 Å². The minimum absolute atomic E-state index is 0.151. The molecule has 0 bridgehead atoms. The van der Waals surface area contributed by atoms with E-state index in [2.05, 4.69) is 14.5 Å². The number of morpholine rings is 1. The van der Waals surface area contributed by atoms with Crippen molar-refractivity contribution in [2.75, 3.05) is 32.9 Å². The lowest BCUT2D eigenvalue weighted by atomic mass is 10.2. The molecule has 0 radical (unpaired) electrons. The van der Waals surface area contributed by atoms with Crippen LogP contribution in [0.1, 0.15) is 5.82 Å². The van der Waals surface area contributed by atoms with Crippen molar-refractivity contribution >= 4 is 0 Å². The Morgan fingerprint density at radius 1 is 1.56 bits per heavy atom. The fraction of sp³-hybridized carbons (Fsp3) is 0.727. The summed E-state index contributed by atoms with van der Waals surface area (Å²) in [4.78, 5) is 6.47. The number of ether oxygens (including phenoxy) is 1. The van der Waals surface area contributed by atoms with Crippen LogP contribution in [0.4, 0.5) is 0 Å². The Bertz CT molecular complexity index is 327. The zero-order valence-electron chi connectivity index (χ0n) is 9.67. The van der Waals surface area contributed by atoms with Crippen LogP contribution in [0.5, 0.6) is 0 Å². The third-order valence-corrected chi connectivity index (χ3v) is 3.11. The van der Waals surface area contributed by atoms with Gasteiger partial charge in [-0.15, -0.1) is 0 Å². The lowest BCUT2D eigenvalue weighted by molar-refractivity contribution is -0.0285. The molecule has 1 aromatic rings. The minimum atomic E-state index is 0.151. The fourth-order valence-electron chi connectivity index (χ4n) is 2.03. The summed E-state index contributed by atoms with van der Waals surface area (Å²) >= 11 is 0. The highest BCUT2D eigenvalue weighted by Gasteiger charge is 2.21. The third-order valence-electron chi connectivity index (χ3n) is 3.11. The Balaban J connectivity index is 1.86. The van der Waals surface area contributed by atoms with Gasteiger partial charge in [0.25, 0.3) is 0 Å². The smallest absolute Gasteiger partial charge is 0.105 e. The number of aliphatic hydroxyl groups excluding tert-OH is 1. The average Bonchev–Trinajstić information content (AvgIpc) is 2.72. The molecule has 0 aliphatic carbocycles. The van der Waals surface area contributed by atoms with Crippen LogP contribution >= 0.6 is 0 Å². The molecule has 2 heterocycles. The number of aryl methyl sites for hydroxylation is 1. The first-order chi connectivity index (χ1) is 7.81. The van der Waals surface area contributed by atoms with Gasteiger partial charge >= 0.3 is 0 Å². The van der Waals surface area contributed by atoms with Gasteiger partial charge in [-0.3, -0.25) is 4.90 Å². The first-order valence-corrected chi connectivity index (χ1v) is 5.71. The number of hydrogen-bond acceptors (Lipinski definition) is 4. The SMILES string of the molecule is Cc1nccn1CCN1CCOCC1CO. The Labute approximate surface area is 95.7 Å². The van der Waals surface area contributed by atoms with E-state index in [1.807, 2.05) is 19.3 Å². The molecule has 1 aliphatic heterocycles. The van der Waals surface area contributed by atoms with Crippen molar-refractivity contribution in [2.24, 2.45) is 0 Å². The molecule has 90 valence electrons. The van der Waals surface area contributed by atoms with Gasteiger partial charge in [-0.25, -0.2) is 4.98 Å². The zero-order valence-corrected chi connectivity index (χ0v) is 9.67. The molecule has 1 unspecified atom stereocenters. The highest BCUT2D eigenvalue weighted by Crippen LogP contribution is 2.07. The van der Waals surface area contributed by atoms with E-state index in [1.54, 1.807) is 0 Å². The number of rotatable bonds is 4. The maximum absolute atomic E-state index is 9.23. The van der Waals surface area contributed by atoms with E-state index in [0.29, 0.717) is 6.61 Å². The van der Waals surface area contributed by atoms with Crippen LogP contribution in [0.25, 0.3) is 0 Å². The van der Waals surface area contributed by atoms with Crippen LogP contribution < -0.4 is 0 Å². The summed E-state index contributed by atoms with van der Waals surface area (Å²) in [5, 5.41) is 9.23.